The summed E-state index contributed by atoms with van der Waals surface area (Å²) in [6.45, 7) is 2.38. The van der Waals surface area contributed by atoms with Gasteiger partial charge in [-0.25, -0.2) is 4.39 Å². The van der Waals surface area contributed by atoms with Gasteiger partial charge in [0.1, 0.15) is 5.82 Å². The van der Waals surface area contributed by atoms with Gasteiger partial charge in [0.2, 0.25) is 5.91 Å². The van der Waals surface area contributed by atoms with Crippen molar-refractivity contribution in [2.45, 2.75) is 25.0 Å². The standard InChI is InChI=1S/C18H21FN2O4/c19-11-1-3-12(4-2-11)20-7-9-21(10-8-20)17(22)15-13-5-6-14(25-13)16(15)18(23)24/h1-4,13-16H,5-10H2,(H,23,24)/t13-,14+,15-,16+/m1/s1. The first-order valence-electron chi connectivity index (χ1n) is 8.72. The van der Waals surface area contributed by atoms with Gasteiger partial charge < -0.3 is 19.6 Å². The van der Waals surface area contributed by atoms with Crippen LogP contribution in [0.25, 0.3) is 0 Å². The number of amides is 1. The van der Waals surface area contributed by atoms with Crippen molar-refractivity contribution in [2.75, 3.05) is 31.1 Å². The fourth-order valence-electron chi connectivity index (χ4n) is 4.35. The molecule has 4 atom stereocenters. The first-order valence-corrected chi connectivity index (χ1v) is 8.72. The first kappa shape index (κ1) is 16.3. The summed E-state index contributed by atoms with van der Waals surface area (Å²) in [6.07, 6.45) is 0.912. The Balaban J connectivity index is 1.41. The van der Waals surface area contributed by atoms with Crippen molar-refractivity contribution in [1.29, 1.82) is 0 Å². The van der Waals surface area contributed by atoms with Crippen LogP contribution in [0.2, 0.25) is 0 Å². The van der Waals surface area contributed by atoms with Gasteiger partial charge in [-0.05, 0) is 37.1 Å². The van der Waals surface area contributed by atoms with Crippen LogP contribution in [0.15, 0.2) is 24.3 Å². The van der Waals surface area contributed by atoms with Crippen LogP contribution in [0, 0.1) is 17.7 Å². The highest BCUT2D eigenvalue weighted by molar-refractivity contribution is 5.86. The summed E-state index contributed by atoms with van der Waals surface area (Å²) in [5.41, 5.74) is 0.931. The monoisotopic (exact) mass is 348 g/mol. The molecule has 0 aliphatic carbocycles. The number of piperazine rings is 1. The van der Waals surface area contributed by atoms with Gasteiger partial charge in [0.05, 0.1) is 24.0 Å². The molecule has 0 unspecified atom stereocenters. The molecular formula is C18H21FN2O4. The van der Waals surface area contributed by atoms with Crippen molar-refractivity contribution in [1.82, 2.24) is 4.90 Å². The van der Waals surface area contributed by atoms with E-state index >= 15 is 0 Å². The molecule has 3 fully saturated rings. The van der Waals surface area contributed by atoms with Gasteiger partial charge in [-0.3, -0.25) is 9.59 Å². The highest BCUT2D eigenvalue weighted by atomic mass is 19.1. The van der Waals surface area contributed by atoms with Crippen molar-refractivity contribution in [3.05, 3.63) is 30.1 Å². The molecule has 4 rings (SSSR count). The molecule has 3 heterocycles. The summed E-state index contributed by atoms with van der Waals surface area (Å²) >= 11 is 0. The van der Waals surface area contributed by atoms with Gasteiger partial charge >= 0.3 is 5.97 Å². The number of anilines is 1. The third-order valence-corrected chi connectivity index (χ3v) is 5.63. The van der Waals surface area contributed by atoms with E-state index in [-0.39, 0.29) is 23.9 Å². The Morgan fingerprint density at radius 3 is 2.20 bits per heavy atom. The van der Waals surface area contributed by atoms with Crippen LogP contribution >= 0.6 is 0 Å². The van der Waals surface area contributed by atoms with Crippen LogP contribution in [0.3, 0.4) is 0 Å². The number of aliphatic carboxylic acids is 1. The van der Waals surface area contributed by atoms with Crippen molar-refractivity contribution in [3.63, 3.8) is 0 Å². The maximum Gasteiger partial charge on any atom is 0.310 e. The van der Waals surface area contributed by atoms with Crippen LogP contribution in [0.5, 0.6) is 0 Å². The molecule has 3 aliphatic heterocycles. The molecule has 0 spiro atoms. The van der Waals surface area contributed by atoms with Crippen molar-refractivity contribution >= 4 is 17.6 Å². The van der Waals surface area contributed by atoms with E-state index in [1.54, 1.807) is 17.0 Å². The zero-order valence-electron chi connectivity index (χ0n) is 13.8. The van der Waals surface area contributed by atoms with Gasteiger partial charge in [0, 0.05) is 31.9 Å². The van der Waals surface area contributed by atoms with Crippen LogP contribution < -0.4 is 4.90 Å². The lowest BCUT2D eigenvalue weighted by Gasteiger charge is -2.38. The van der Waals surface area contributed by atoms with Crippen LogP contribution in [-0.2, 0) is 14.3 Å². The van der Waals surface area contributed by atoms with Crippen LogP contribution in [0.1, 0.15) is 12.8 Å². The average Bonchev–Trinajstić information content (AvgIpc) is 3.23. The second-order valence-corrected chi connectivity index (χ2v) is 6.97. The van der Waals surface area contributed by atoms with E-state index in [0.717, 1.165) is 18.5 Å². The Labute approximate surface area is 145 Å². The van der Waals surface area contributed by atoms with E-state index in [9.17, 15) is 19.1 Å². The maximum atomic E-state index is 13.0. The number of carboxylic acid groups (broad SMARTS) is 1. The molecule has 1 amide bonds. The average molecular weight is 348 g/mol. The summed E-state index contributed by atoms with van der Waals surface area (Å²) in [7, 11) is 0. The van der Waals surface area contributed by atoms with Gasteiger partial charge in [-0.1, -0.05) is 0 Å². The molecule has 0 saturated carbocycles. The minimum absolute atomic E-state index is 0.0987. The number of fused-ring (bicyclic) bond motifs is 2. The topological polar surface area (TPSA) is 70.1 Å². The summed E-state index contributed by atoms with van der Waals surface area (Å²) in [5, 5.41) is 9.48. The zero-order chi connectivity index (χ0) is 17.6. The fraction of sp³-hybridized carbons (Fsp3) is 0.556. The number of hydrogen-bond acceptors (Lipinski definition) is 4. The molecule has 6 nitrogen and oxygen atoms in total. The lowest BCUT2D eigenvalue weighted by molar-refractivity contribution is -0.151. The number of rotatable bonds is 3. The number of hydrogen-bond donors (Lipinski definition) is 1. The SMILES string of the molecule is O=C(O)[C@@H]1[C@H](C(=O)N2CCN(c3ccc(F)cc3)CC2)[C@H]2CC[C@@H]1O2. The highest BCUT2D eigenvalue weighted by Gasteiger charge is 2.56. The highest BCUT2D eigenvalue weighted by Crippen LogP contribution is 2.44. The normalized spacial score (nSPS) is 31.4. The molecule has 1 N–H and O–H groups in total. The number of benzene rings is 1. The Hall–Kier alpha value is -2.15. The summed E-state index contributed by atoms with van der Waals surface area (Å²) in [6, 6.07) is 6.32. The van der Waals surface area contributed by atoms with E-state index in [0.29, 0.717) is 26.2 Å². The Morgan fingerprint density at radius 1 is 1.00 bits per heavy atom. The van der Waals surface area contributed by atoms with Gasteiger partial charge in [-0.15, -0.1) is 0 Å². The zero-order valence-corrected chi connectivity index (χ0v) is 13.8. The summed E-state index contributed by atoms with van der Waals surface area (Å²) in [4.78, 5) is 28.3. The summed E-state index contributed by atoms with van der Waals surface area (Å²) in [5.74, 6) is -2.59. The fourth-order valence-corrected chi connectivity index (χ4v) is 4.35. The molecule has 3 saturated heterocycles. The summed E-state index contributed by atoms with van der Waals surface area (Å²) < 4.78 is 18.7. The lowest BCUT2D eigenvalue weighted by atomic mass is 9.78. The van der Waals surface area contributed by atoms with Gasteiger partial charge in [-0.2, -0.15) is 0 Å². The molecule has 25 heavy (non-hydrogen) atoms. The Morgan fingerprint density at radius 2 is 1.60 bits per heavy atom. The number of halogens is 1. The second kappa shape index (κ2) is 6.29. The second-order valence-electron chi connectivity index (χ2n) is 6.97. The predicted octanol–water partition coefficient (Wildman–Crippen LogP) is 1.35. The molecule has 134 valence electrons. The van der Waals surface area contributed by atoms with E-state index in [4.69, 9.17) is 4.74 Å². The predicted molar refractivity (Wildman–Crippen MR) is 87.7 cm³/mol. The molecule has 0 radical (unpaired) electrons. The number of carboxylic acids is 1. The van der Waals surface area contributed by atoms with E-state index in [2.05, 4.69) is 4.90 Å². The minimum Gasteiger partial charge on any atom is -0.481 e. The molecular weight excluding hydrogens is 327 g/mol. The number of carbonyl (C=O) groups is 2. The smallest absolute Gasteiger partial charge is 0.310 e. The number of carbonyl (C=O) groups excluding carboxylic acids is 1. The third-order valence-electron chi connectivity index (χ3n) is 5.63. The number of ether oxygens (including phenoxy) is 1. The Kier molecular flexibility index (Phi) is 4.11. The quantitative estimate of drug-likeness (QED) is 0.893. The van der Waals surface area contributed by atoms with Crippen molar-refractivity contribution in [2.24, 2.45) is 11.8 Å². The molecule has 3 aliphatic rings. The molecule has 1 aromatic rings. The van der Waals surface area contributed by atoms with Gasteiger partial charge in [0.15, 0.2) is 0 Å². The van der Waals surface area contributed by atoms with E-state index < -0.39 is 17.8 Å². The van der Waals surface area contributed by atoms with Gasteiger partial charge in [0.25, 0.3) is 0 Å². The maximum absolute atomic E-state index is 13.0. The molecule has 2 bridgehead atoms. The van der Waals surface area contributed by atoms with Crippen LogP contribution in [-0.4, -0.2) is 60.3 Å². The van der Waals surface area contributed by atoms with E-state index in [1.807, 2.05) is 0 Å². The first-order chi connectivity index (χ1) is 12.0. The molecule has 7 heteroatoms. The van der Waals surface area contributed by atoms with E-state index in [1.165, 1.54) is 12.1 Å². The largest absolute Gasteiger partial charge is 0.481 e. The number of nitrogens with zero attached hydrogens (tertiary/aromatic N) is 2. The lowest BCUT2D eigenvalue weighted by Crippen LogP contribution is -2.53. The molecule has 0 aromatic heterocycles. The Bertz CT molecular complexity index is 672. The van der Waals surface area contributed by atoms with Crippen molar-refractivity contribution < 1.29 is 23.8 Å². The van der Waals surface area contributed by atoms with Crippen LogP contribution in [0.4, 0.5) is 10.1 Å². The van der Waals surface area contributed by atoms with Crippen molar-refractivity contribution in [3.8, 4) is 0 Å². The third kappa shape index (κ3) is 2.86. The molecule has 1 aromatic carbocycles. The minimum atomic E-state index is -0.935.